The number of allylic oxidation sites excluding steroid dienone is 1. The second kappa shape index (κ2) is 9.74. The van der Waals surface area contributed by atoms with Crippen molar-refractivity contribution in [3.63, 3.8) is 0 Å². The minimum Gasteiger partial charge on any atom is -0.726 e. The first-order valence-electron chi connectivity index (χ1n) is 10.7. The van der Waals surface area contributed by atoms with Crippen LogP contribution in [0.5, 0.6) is 0 Å². The molecule has 7 atom stereocenters. The summed E-state index contributed by atoms with van der Waals surface area (Å²) in [5.41, 5.74) is -0.278. The predicted octanol–water partition coefficient (Wildman–Crippen LogP) is -2.96. The fourth-order valence-electron chi connectivity index (χ4n) is 7.46. The van der Waals surface area contributed by atoms with Gasteiger partial charge in [0.1, 0.15) is 0 Å². The Morgan fingerprint density at radius 3 is 2.12 bits per heavy atom. The summed E-state index contributed by atoms with van der Waals surface area (Å²) in [6.45, 7) is 6.06. The average molecular weight is 509 g/mol. The van der Waals surface area contributed by atoms with E-state index >= 15 is 0 Å². The Labute approximate surface area is 236 Å². The van der Waals surface area contributed by atoms with Crippen LogP contribution in [0.3, 0.4) is 0 Å². The quantitative estimate of drug-likeness (QED) is 0.170. The van der Waals surface area contributed by atoms with E-state index in [1.165, 1.54) is 5.57 Å². The van der Waals surface area contributed by atoms with Crippen molar-refractivity contribution in [3.05, 3.63) is 11.6 Å². The van der Waals surface area contributed by atoms with Gasteiger partial charge in [0.25, 0.3) is 0 Å². The Bertz CT molecular complexity index is 968. The molecule has 4 aliphatic carbocycles. The van der Waals surface area contributed by atoms with Crippen LogP contribution < -0.4 is 59.1 Å². The van der Waals surface area contributed by atoms with Crippen LogP contribution in [0.25, 0.3) is 0 Å². The van der Waals surface area contributed by atoms with Crippen molar-refractivity contribution in [2.45, 2.75) is 83.8 Å². The van der Waals surface area contributed by atoms with Crippen molar-refractivity contribution in [2.24, 2.45) is 28.6 Å². The molecule has 0 aromatic rings. The van der Waals surface area contributed by atoms with Gasteiger partial charge in [0.15, 0.2) is 0 Å². The first-order valence-corrected chi connectivity index (χ1v) is 13.3. The van der Waals surface area contributed by atoms with Crippen LogP contribution in [0.2, 0.25) is 0 Å². The summed E-state index contributed by atoms with van der Waals surface area (Å²) in [6, 6.07) is 0. The number of rotatable bonds is 4. The summed E-state index contributed by atoms with van der Waals surface area (Å²) in [5.74, 6) is 1.01. The van der Waals surface area contributed by atoms with Crippen molar-refractivity contribution in [3.8, 4) is 0 Å². The molecule has 4 aliphatic rings. The second-order valence-corrected chi connectivity index (χ2v) is 12.3. The number of hydrogen-bond donors (Lipinski definition) is 0. The van der Waals surface area contributed by atoms with E-state index < -0.39 is 32.5 Å². The Balaban J connectivity index is 0.00000181. The molecule has 0 amide bonds. The van der Waals surface area contributed by atoms with Crippen LogP contribution in [-0.2, 0) is 29.2 Å². The van der Waals surface area contributed by atoms with Crippen LogP contribution in [-0.4, -0.2) is 37.6 Å². The van der Waals surface area contributed by atoms with Gasteiger partial charge in [-0.15, -0.1) is 0 Å². The third kappa shape index (κ3) is 5.27. The van der Waals surface area contributed by atoms with Gasteiger partial charge in [0, 0.05) is 5.41 Å². The van der Waals surface area contributed by atoms with E-state index in [1.54, 1.807) is 6.92 Å². The molecule has 0 unspecified atom stereocenters. The fourth-order valence-corrected chi connectivity index (χ4v) is 8.69. The zero-order valence-corrected chi connectivity index (χ0v) is 25.3. The number of fused-ring (bicyclic) bond motifs is 5. The van der Waals surface area contributed by atoms with E-state index in [2.05, 4.69) is 19.9 Å². The standard InChI is InChI=1S/C20H32O8S2.2Na/c1-18-9-6-14(27-29(21,22)23)12-13(18)4-5-15-16(18)7-10-19(2)17(15)8-11-20(19,3)28-30(24,25)26;;/h4,14-17H,5-12H2,1-3H3,(H,21,22,23)(H,24,25,26);;/q;2*+1/p-2/t14-,15+,16-,17-,18-,19-,20-;;/m0../s1. The maximum Gasteiger partial charge on any atom is 1.00 e. The molecule has 0 spiro atoms. The van der Waals surface area contributed by atoms with E-state index in [1.807, 2.05) is 0 Å². The Morgan fingerprint density at radius 2 is 1.53 bits per heavy atom. The second-order valence-electron chi connectivity index (χ2n) is 10.3. The summed E-state index contributed by atoms with van der Waals surface area (Å²) < 4.78 is 77.1. The summed E-state index contributed by atoms with van der Waals surface area (Å²) in [7, 11) is -9.51. The van der Waals surface area contributed by atoms with Crippen molar-refractivity contribution in [1.29, 1.82) is 0 Å². The molecule has 3 saturated carbocycles. The third-order valence-corrected chi connectivity index (χ3v) is 10.2. The molecule has 0 aromatic heterocycles. The van der Waals surface area contributed by atoms with Crippen LogP contribution in [0.1, 0.15) is 72.1 Å². The molecule has 3 fully saturated rings. The molecule has 0 N–H and O–H groups in total. The monoisotopic (exact) mass is 508 g/mol. The Hall–Kier alpha value is 1.48. The van der Waals surface area contributed by atoms with E-state index in [9.17, 15) is 25.9 Å². The molecular formula is C20H30Na2O8S2. The van der Waals surface area contributed by atoms with Gasteiger partial charge in [0.05, 0.1) is 11.7 Å². The normalized spacial score (nSPS) is 43.6. The molecule has 0 heterocycles. The van der Waals surface area contributed by atoms with Crippen molar-refractivity contribution in [2.75, 3.05) is 0 Å². The van der Waals surface area contributed by atoms with Gasteiger partial charge in [-0.25, -0.2) is 16.8 Å². The largest absolute Gasteiger partial charge is 1.00 e. The number of hydrogen-bond acceptors (Lipinski definition) is 8. The zero-order valence-electron chi connectivity index (χ0n) is 19.6. The van der Waals surface area contributed by atoms with Gasteiger partial charge in [0.2, 0.25) is 20.8 Å². The fraction of sp³-hybridized carbons (Fsp3) is 0.900. The summed E-state index contributed by atoms with van der Waals surface area (Å²) in [4.78, 5) is 0. The molecule has 172 valence electrons. The first-order chi connectivity index (χ1) is 13.7. The van der Waals surface area contributed by atoms with Crippen LogP contribution >= 0.6 is 0 Å². The van der Waals surface area contributed by atoms with Gasteiger partial charge in [-0.2, -0.15) is 0 Å². The van der Waals surface area contributed by atoms with Gasteiger partial charge in [-0.1, -0.05) is 25.5 Å². The maximum absolute atomic E-state index is 11.4. The summed E-state index contributed by atoms with van der Waals surface area (Å²) in [6.07, 6.45) is 7.19. The molecule has 0 aromatic carbocycles. The van der Waals surface area contributed by atoms with E-state index in [0.29, 0.717) is 31.1 Å². The molecule has 0 aliphatic heterocycles. The van der Waals surface area contributed by atoms with Crippen LogP contribution in [0, 0.1) is 28.6 Å². The third-order valence-electron chi connectivity index (χ3n) is 9.13. The smallest absolute Gasteiger partial charge is 0.726 e. The summed E-state index contributed by atoms with van der Waals surface area (Å²) in [5, 5.41) is 0. The first kappa shape index (κ1) is 29.7. The van der Waals surface area contributed by atoms with E-state index in [4.69, 9.17) is 8.37 Å². The zero-order chi connectivity index (χ0) is 22.2. The van der Waals surface area contributed by atoms with Crippen molar-refractivity contribution >= 4 is 20.8 Å². The predicted molar refractivity (Wildman–Crippen MR) is 105 cm³/mol. The van der Waals surface area contributed by atoms with Gasteiger partial charge < -0.3 is 9.11 Å². The van der Waals surface area contributed by atoms with Crippen molar-refractivity contribution < 1.29 is 93.4 Å². The molecule has 0 saturated heterocycles. The minimum atomic E-state index is -4.79. The van der Waals surface area contributed by atoms with E-state index in [0.717, 1.165) is 32.1 Å². The maximum atomic E-state index is 11.4. The topological polar surface area (TPSA) is 133 Å². The molecule has 0 radical (unpaired) electrons. The van der Waals surface area contributed by atoms with Crippen molar-refractivity contribution in [1.82, 2.24) is 0 Å². The molecule has 12 heteroatoms. The van der Waals surface area contributed by atoms with Gasteiger partial charge >= 0.3 is 59.1 Å². The summed E-state index contributed by atoms with van der Waals surface area (Å²) >= 11 is 0. The Morgan fingerprint density at radius 1 is 0.906 bits per heavy atom. The molecule has 32 heavy (non-hydrogen) atoms. The van der Waals surface area contributed by atoms with E-state index in [-0.39, 0.29) is 75.9 Å². The molecule has 4 rings (SSSR count). The molecular weight excluding hydrogens is 478 g/mol. The minimum absolute atomic E-state index is 0. The molecule has 0 bridgehead atoms. The average Bonchev–Trinajstić information content (AvgIpc) is 2.83. The van der Waals surface area contributed by atoms with Gasteiger partial charge in [-0.3, -0.25) is 8.37 Å². The SMILES string of the molecule is C[C@]12CC[C@H](OS(=O)(=O)[O-])CC1=CC[C@@H]1[C@@H]2CC[C@@]2(C)[C@H]1CC[C@]2(C)OS(=O)(=O)[O-].[Na+].[Na+]. The van der Waals surface area contributed by atoms with Gasteiger partial charge in [-0.05, 0) is 81.5 Å². The Kier molecular flexibility index (Phi) is 9.04. The van der Waals surface area contributed by atoms with Crippen LogP contribution in [0.4, 0.5) is 0 Å². The van der Waals surface area contributed by atoms with Crippen LogP contribution in [0.15, 0.2) is 11.6 Å². The molecule has 8 nitrogen and oxygen atoms in total.